The molecule has 1 N–H and O–H groups in total. The third-order valence-corrected chi connectivity index (χ3v) is 5.54. The number of benzene rings is 2. The molecule has 2 amide bonds. The summed E-state index contributed by atoms with van der Waals surface area (Å²) in [5.74, 6) is -0.532. The summed E-state index contributed by atoms with van der Waals surface area (Å²) in [5.41, 5.74) is 2.21. The zero-order chi connectivity index (χ0) is 19.3. The molecule has 28 heavy (non-hydrogen) atoms. The summed E-state index contributed by atoms with van der Waals surface area (Å²) in [6.45, 7) is 0.957. The fourth-order valence-corrected chi connectivity index (χ4v) is 4.03. The first-order chi connectivity index (χ1) is 13.7. The van der Waals surface area contributed by atoms with Gasteiger partial charge in [-0.1, -0.05) is 72.0 Å². The highest BCUT2D eigenvalue weighted by atomic mass is 32.1. The van der Waals surface area contributed by atoms with Crippen LogP contribution in [0.2, 0.25) is 0 Å². The lowest BCUT2D eigenvalue weighted by molar-refractivity contribution is -0.128. The van der Waals surface area contributed by atoms with Gasteiger partial charge in [0, 0.05) is 25.9 Å². The maximum atomic E-state index is 12.6. The lowest BCUT2D eigenvalue weighted by atomic mass is 10.1. The van der Waals surface area contributed by atoms with Crippen LogP contribution < -0.4 is 5.32 Å². The van der Waals surface area contributed by atoms with E-state index in [4.69, 9.17) is 0 Å². The highest BCUT2D eigenvalue weighted by Crippen LogP contribution is 2.24. The first-order valence-corrected chi connectivity index (χ1v) is 9.98. The van der Waals surface area contributed by atoms with Crippen LogP contribution in [-0.2, 0) is 22.6 Å². The van der Waals surface area contributed by atoms with E-state index in [1.54, 1.807) is 4.90 Å². The molecule has 1 fully saturated rings. The van der Waals surface area contributed by atoms with Gasteiger partial charge in [-0.2, -0.15) is 0 Å². The topological polar surface area (TPSA) is 75.2 Å². The van der Waals surface area contributed by atoms with E-state index >= 15 is 0 Å². The van der Waals surface area contributed by atoms with E-state index in [1.165, 1.54) is 11.3 Å². The third-order valence-electron chi connectivity index (χ3n) is 4.70. The van der Waals surface area contributed by atoms with Crippen molar-refractivity contribution < 1.29 is 9.59 Å². The standard InChI is InChI=1S/C21H20N4O2S/c26-19-12-17(14-25(19)13-16-9-5-2-6-10-16)20(27)22-21-24-23-18(28-21)11-15-7-3-1-4-8-15/h1-10,17H,11-14H2,(H,22,24,27)/t17-/m0/s1. The van der Waals surface area contributed by atoms with Crippen LogP contribution >= 0.6 is 11.3 Å². The van der Waals surface area contributed by atoms with Crippen LogP contribution in [0.5, 0.6) is 0 Å². The van der Waals surface area contributed by atoms with Crippen molar-refractivity contribution >= 4 is 28.3 Å². The quantitative estimate of drug-likeness (QED) is 0.699. The Morgan fingerprint density at radius 3 is 2.43 bits per heavy atom. The van der Waals surface area contributed by atoms with Gasteiger partial charge in [0.15, 0.2) is 0 Å². The van der Waals surface area contributed by atoms with E-state index in [0.29, 0.717) is 24.6 Å². The Morgan fingerprint density at radius 1 is 1.04 bits per heavy atom. The molecule has 0 aliphatic carbocycles. The van der Waals surface area contributed by atoms with Gasteiger partial charge in [0.05, 0.1) is 5.92 Å². The van der Waals surface area contributed by atoms with Crippen molar-refractivity contribution in [3.63, 3.8) is 0 Å². The van der Waals surface area contributed by atoms with Gasteiger partial charge >= 0.3 is 0 Å². The molecular formula is C21H20N4O2S. The molecule has 1 atom stereocenters. The molecule has 2 heterocycles. The predicted molar refractivity (Wildman–Crippen MR) is 108 cm³/mol. The van der Waals surface area contributed by atoms with Gasteiger partial charge in [-0.3, -0.25) is 9.59 Å². The lowest BCUT2D eigenvalue weighted by Gasteiger charge is -2.16. The molecule has 0 spiro atoms. The van der Waals surface area contributed by atoms with Crippen LogP contribution in [0.1, 0.15) is 22.6 Å². The van der Waals surface area contributed by atoms with Gasteiger partial charge in [0.1, 0.15) is 5.01 Å². The minimum atomic E-state index is -0.363. The molecule has 142 valence electrons. The predicted octanol–water partition coefficient (Wildman–Crippen LogP) is 3.12. The fraction of sp³-hybridized carbons (Fsp3) is 0.238. The number of carbonyl (C=O) groups is 2. The summed E-state index contributed by atoms with van der Waals surface area (Å²) in [4.78, 5) is 26.6. The zero-order valence-electron chi connectivity index (χ0n) is 15.2. The summed E-state index contributed by atoms with van der Waals surface area (Å²) >= 11 is 1.37. The van der Waals surface area contributed by atoms with E-state index in [2.05, 4.69) is 15.5 Å². The molecule has 3 aromatic rings. The van der Waals surface area contributed by atoms with Gasteiger partial charge in [-0.05, 0) is 11.1 Å². The molecule has 1 aliphatic rings. The first kappa shape index (κ1) is 18.3. The van der Waals surface area contributed by atoms with Gasteiger partial charge in [0.2, 0.25) is 16.9 Å². The summed E-state index contributed by atoms with van der Waals surface area (Å²) in [5, 5.41) is 12.4. The van der Waals surface area contributed by atoms with Crippen molar-refractivity contribution in [1.29, 1.82) is 0 Å². The Morgan fingerprint density at radius 2 is 1.71 bits per heavy atom. The molecule has 4 rings (SSSR count). The SMILES string of the molecule is O=C(Nc1nnc(Cc2ccccc2)s1)[C@H]1CC(=O)N(Cc2ccccc2)C1. The van der Waals surface area contributed by atoms with E-state index in [0.717, 1.165) is 16.1 Å². The van der Waals surface area contributed by atoms with E-state index < -0.39 is 0 Å². The second-order valence-electron chi connectivity index (χ2n) is 6.81. The Hall–Kier alpha value is -3.06. The summed E-state index contributed by atoms with van der Waals surface area (Å²) in [6.07, 6.45) is 0.912. The fourth-order valence-electron chi connectivity index (χ4n) is 3.26. The monoisotopic (exact) mass is 392 g/mol. The molecule has 0 bridgehead atoms. The molecule has 7 heteroatoms. The number of hydrogen-bond acceptors (Lipinski definition) is 5. The smallest absolute Gasteiger partial charge is 0.231 e. The third kappa shape index (κ3) is 4.43. The molecule has 0 unspecified atom stereocenters. The minimum absolute atomic E-state index is 0.00559. The number of likely N-dealkylation sites (tertiary alicyclic amines) is 1. The van der Waals surface area contributed by atoms with Crippen LogP contribution in [0.15, 0.2) is 60.7 Å². The molecule has 2 aromatic carbocycles. The molecule has 0 radical (unpaired) electrons. The number of nitrogens with one attached hydrogen (secondary N) is 1. The lowest BCUT2D eigenvalue weighted by Crippen LogP contribution is -2.28. The highest BCUT2D eigenvalue weighted by molar-refractivity contribution is 7.15. The maximum Gasteiger partial charge on any atom is 0.231 e. The minimum Gasteiger partial charge on any atom is -0.338 e. The van der Waals surface area contributed by atoms with Crippen molar-refractivity contribution in [2.45, 2.75) is 19.4 Å². The average Bonchev–Trinajstić information content (AvgIpc) is 3.30. The first-order valence-electron chi connectivity index (χ1n) is 9.16. The number of hydrogen-bond donors (Lipinski definition) is 1. The van der Waals surface area contributed by atoms with Crippen LogP contribution in [0.25, 0.3) is 0 Å². The second-order valence-corrected chi connectivity index (χ2v) is 7.88. The molecule has 1 aromatic heterocycles. The van der Waals surface area contributed by atoms with Gasteiger partial charge in [-0.25, -0.2) is 0 Å². The van der Waals surface area contributed by atoms with Crippen molar-refractivity contribution in [3.05, 3.63) is 76.8 Å². The van der Waals surface area contributed by atoms with Crippen LogP contribution in [0.3, 0.4) is 0 Å². The number of amides is 2. The average molecular weight is 392 g/mol. The number of rotatable bonds is 6. The maximum absolute atomic E-state index is 12.6. The van der Waals surface area contributed by atoms with E-state index in [1.807, 2.05) is 60.7 Å². The highest BCUT2D eigenvalue weighted by Gasteiger charge is 2.34. The van der Waals surface area contributed by atoms with E-state index in [9.17, 15) is 9.59 Å². The summed E-state index contributed by atoms with van der Waals surface area (Å²) in [6, 6.07) is 19.8. The zero-order valence-corrected chi connectivity index (χ0v) is 16.1. The van der Waals surface area contributed by atoms with Crippen molar-refractivity contribution in [2.75, 3.05) is 11.9 Å². The number of carbonyl (C=O) groups excluding carboxylic acids is 2. The summed E-state index contributed by atoms with van der Waals surface area (Å²) in [7, 11) is 0. The Bertz CT molecular complexity index is 959. The van der Waals surface area contributed by atoms with Crippen molar-refractivity contribution in [2.24, 2.45) is 5.92 Å². The number of aromatic nitrogens is 2. The van der Waals surface area contributed by atoms with Gasteiger partial charge in [-0.15, -0.1) is 10.2 Å². The summed E-state index contributed by atoms with van der Waals surface area (Å²) < 4.78 is 0. The van der Waals surface area contributed by atoms with Crippen molar-refractivity contribution in [3.8, 4) is 0 Å². The molecule has 1 saturated heterocycles. The van der Waals surface area contributed by atoms with Crippen molar-refractivity contribution in [1.82, 2.24) is 15.1 Å². The molecule has 1 aliphatic heterocycles. The number of anilines is 1. The molecule has 0 saturated carbocycles. The van der Waals surface area contributed by atoms with Gasteiger partial charge in [0.25, 0.3) is 0 Å². The largest absolute Gasteiger partial charge is 0.338 e. The molecule has 6 nitrogen and oxygen atoms in total. The number of nitrogens with zero attached hydrogens (tertiary/aromatic N) is 3. The second kappa shape index (κ2) is 8.31. The Kier molecular flexibility index (Phi) is 5.43. The van der Waals surface area contributed by atoms with Crippen LogP contribution in [0.4, 0.5) is 5.13 Å². The molecular weight excluding hydrogens is 372 g/mol. The van der Waals surface area contributed by atoms with E-state index in [-0.39, 0.29) is 24.2 Å². The van der Waals surface area contributed by atoms with Crippen LogP contribution in [0, 0.1) is 5.92 Å². The Labute approximate surface area is 167 Å². The normalized spacial score (nSPS) is 16.4. The van der Waals surface area contributed by atoms with Gasteiger partial charge < -0.3 is 10.2 Å². The van der Waals surface area contributed by atoms with Crippen LogP contribution in [-0.4, -0.2) is 33.5 Å². The Balaban J connectivity index is 1.33.